The van der Waals surface area contributed by atoms with Crippen molar-refractivity contribution in [3.63, 3.8) is 0 Å². The number of urea groups is 1. The zero-order valence-corrected chi connectivity index (χ0v) is 14.5. The van der Waals surface area contributed by atoms with Crippen molar-refractivity contribution < 1.29 is 17.6 Å². The van der Waals surface area contributed by atoms with Gasteiger partial charge < -0.3 is 10.2 Å². The summed E-state index contributed by atoms with van der Waals surface area (Å²) in [5.74, 6) is -0.235. The summed E-state index contributed by atoms with van der Waals surface area (Å²) in [5, 5.41) is 2.66. The highest BCUT2D eigenvalue weighted by atomic mass is 32.2. The van der Waals surface area contributed by atoms with Crippen LogP contribution in [0.2, 0.25) is 0 Å². The quantitative estimate of drug-likeness (QED) is 0.898. The van der Waals surface area contributed by atoms with E-state index >= 15 is 0 Å². The van der Waals surface area contributed by atoms with Crippen molar-refractivity contribution in [2.24, 2.45) is 0 Å². The molecule has 1 N–H and O–H groups in total. The molecule has 1 saturated heterocycles. The van der Waals surface area contributed by atoms with Crippen LogP contribution in [0, 0.1) is 5.82 Å². The Bertz CT molecular complexity index is 689. The highest BCUT2D eigenvalue weighted by Crippen LogP contribution is 2.22. The second kappa shape index (κ2) is 6.86. The molecule has 0 radical (unpaired) electrons. The van der Waals surface area contributed by atoms with Crippen LogP contribution in [0.1, 0.15) is 38.7 Å². The summed E-state index contributed by atoms with van der Waals surface area (Å²) < 4.78 is 37.4. The molecule has 5 nitrogen and oxygen atoms in total. The van der Waals surface area contributed by atoms with Gasteiger partial charge in [0.2, 0.25) is 0 Å². The third-order valence-corrected chi connectivity index (χ3v) is 5.82. The van der Waals surface area contributed by atoms with Gasteiger partial charge in [-0.3, -0.25) is 0 Å². The molecule has 0 bridgehead atoms. The molecule has 0 aliphatic carbocycles. The van der Waals surface area contributed by atoms with Crippen molar-refractivity contribution in [1.82, 2.24) is 4.90 Å². The van der Waals surface area contributed by atoms with E-state index in [2.05, 4.69) is 5.32 Å². The number of hydrogen-bond donors (Lipinski definition) is 1. The Morgan fingerprint density at radius 3 is 2.65 bits per heavy atom. The molecule has 1 aromatic rings. The molecule has 0 aromatic heterocycles. The third kappa shape index (κ3) is 4.43. The Morgan fingerprint density at radius 1 is 1.35 bits per heavy atom. The number of sulfone groups is 1. The van der Waals surface area contributed by atoms with E-state index in [1.807, 2.05) is 20.8 Å². The molecule has 1 aliphatic rings. The lowest BCUT2D eigenvalue weighted by atomic mass is 10.0. The monoisotopic (exact) mass is 342 g/mol. The Kier molecular flexibility index (Phi) is 5.29. The maximum Gasteiger partial charge on any atom is 0.322 e. The molecule has 0 saturated carbocycles. The van der Waals surface area contributed by atoms with Crippen LogP contribution >= 0.6 is 0 Å². The van der Waals surface area contributed by atoms with Gasteiger partial charge in [-0.1, -0.05) is 19.9 Å². The Balaban J connectivity index is 2.10. The van der Waals surface area contributed by atoms with Crippen molar-refractivity contribution >= 4 is 21.6 Å². The van der Waals surface area contributed by atoms with Crippen molar-refractivity contribution in [3.8, 4) is 0 Å². The maximum absolute atomic E-state index is 14.0. The molecular weight excluding hydrogens is 319 g/mol. The fourth-order valence-corrected chi connectivity index (χ4v) is 4.02. The first-order valence-electron chi connectivity index (χ1n) is 7.77. The van der Waals surface area contributed by atoms with E-state index < -0.39 is 15.9 Å². The van der Waals surface area contributed by atoms with Gasteiger partial charge in [0, 0.05) is 18.3 Å². The standard InChI is InChI=1S/C16H23FN2O3S/c1-11(2)14-5-4-13(10-15(14)17)18-16(20)19-7-9-23(21,22)8-6-12(19)3/h4-5,10-12H,6-9H2,1-3H3,(H,18,20)/t12-/m1/s1. The molecule has 1 atom stereocenters. The number of carbonyl (C=O) groups is 1. The Morgan fingerprint density at radius 2 is 2.04 bits per heavy atom. The SMILES string of the molecule is CC(C)c1ccc(NC(=O)N2CCS(=O)(=O)CC[C@H]2C)cc1F. The number of anilines is 1. The van der Waals surface area contributed by atoms with Crippen LogP contribution < -0.4 is 5.32 Å². The van der Waals surface area contributed by atoms with E-state index in [1.165, 1.54) is 11.0 Å². The summed E-state index contributed by atoms with van der Waals surface area (Å²) in [6.45, 7) is 5.77. The van der Waals surface area contributed by atoms with Crippen LogP contribution in [0.4, 0.5) is 14.9 Å². The fraction of sp³-hybridized carbons (Fsp3) is 0.562. The molecule has 1 fully saturated rings. The average molecular weight is 342 g/mol. The smallest absolute Gasteiger partial charge is 0.321 e. The van der Waals surface area contributed by atoms with Gasteiger partial charge in [0.05, 0.1) is 11.5 Å². The summed E-state index contributed by atoms with van der Waals surface area (Å²) in [5.41, 5.74) is 0.966. The van der Waals surface area contributed by atoms with E-state index in [0.29, 0.717) is 17.7 Å². The molecule has 1 heterocycles. The number of rotatable bonds is 2. The molecule has 128 valence electrons. The van der Waals surface area contributed by atoms with Gasteiger partial charge in [-0.15, -0.1) is 0 Å². The number of carbonyl (C=O) groups excluding carboxylic acids is 1. The molecule has 1 aromatic carbocycles. The van der Waals surface area contributed by atoms with E-state index in [1.54, 1.807) is 12.1 Å². The molecule has 7 heteroatoms. The van der Waals surface area contributed by atoms with Crippen molar-refractivity contribution in [3.05, 3.63) is 29.6 Å². The van der Waals surface area contributed by atoms with Crippen LogP contribution in [0.25, 0.3) is 0 Å². The predicted molar refractivity (Wildman–Crippen MR) is 88.9 cm³/mol. The molecule has 23 heavy (non-hydrogen) atoms. The van der Waals surface area contributed by atoms with Crippen molar-refractivity contribution in [2.45, 2.75) is 39.2 Å². The third-order valence-electron chi connectivity index (χ3n) is 4.16. The molecule has 2 amide bonds. The zero-order valence-electron chi connectivity index (χ0n) is 13.7. The highest BCUT2D eigenvalue weighted by Gasteiger charge is 2.27. The van der Waals surface area contributed by atoms with E-state index in [9.17, 15) is 17.6 Å². The van der Waals surface area contributed by atoms with E-state index in [0.717, 1.165) is 0 Å². The minimum Gasteiger partial charge on any atom is -0.321 e. The average Bonchev–Trinajstić information content (AvgIpc) is 2.57. The molecular formula is C16H23FN2O3S. The number of nitrogens with one attached hydrogen (secondary N) is 1. The first kappa shape index (κ1) is 17.7. The summed E-state index contributed by atoms with van der Waals surface area (Å²) in [6, 6.07) is 4.05. The van der Waals surface area contributed by atoms with Crippen LogP contribution in [0.15, 0.2) is 18.2 Å². The number of amides is 2. The second-order valence-corrected chi connectivity index (χ2v) is 8.61. The number of nitrogens with zero attached hydrogens (tertiary/aromatic N) is 1. The van der Waals surface area contributed by atoms with Crippen LogP contribution in [0.3, 0.4) is 0 Å². The van der Waals surface area contributed by atoms with Crippen molar-refractivity contribution in [1.29, 1.82) is 0 Å². The number of halogens is 1. The second-order valence-electron chi connectivity index (χ2n) is 6.30. The molecule has 2 rings (SSSR count). The lowest BCUT2D eigenvalue weighted by molar-refractivity contribution is 0.197. The largest absolute Gasteiger partial charge is 0.322 e. The minimum absolute atomic E-state index is 0.0363. The summed E-state index contributed by atoms with van der Waals surface area (Å²) >= 11 is 0. The van der Waals surface area contributed by atoms with Gasteiger partial charge in [0.1, 0.15) is 5.82 Å². The minimum atomic E-state index is -3.09. The van der Waals surface area contributed by atoms with Gasteiger partial charge in [0.15, 0.2) is 9.84 Å². The van der Waals surface area contributed by atoms with Crippen molar-refractivity contribution in [2.75, 3.05) is 23.4 Å². The molecule has 0 unspecified atom stereocenters. The van der Waals surface area contributed by atoms with Crippen LogP contribution in [0.5, 0.6) is 0 Å². The lowest BCUT2D eigenvalue weighted by Gasteiger charge is -2.26. The topological polar surface area (TPSA) is 66.5 Å². The maximum atomic E-state index is 14.0. The van der Waals surface area contributed by atoms with Gasteiger partial charge in [-0.2, -0.15) is 0 Å². The Labute approximate surface area is 136 Å². The van der Waals surface area contributed by atoms with E-state index in [-0.39, 0.29) is 35.8 Å². The van der Waals surface area contributed by atoms with Crippen LogP contribution in [-0.4, -0.2) is 43.4 Å². The van der Waals surface area contributed by atoms with E-state index in [4.69, 9.17) is 0 Å². The van der Waals surface area contributed by atoms with Gasteiger partial charge in [0.25, 0.3) is 0 Å². The highest BCUT2D eigenvalue weighted by molar-refractivity contribution is 7.91. The van der Waals surface area contributed by atoms with Gasteiger partial charge >= 0.3 is 6.03 Å². The summed E-state index contributed by atoms with van der Waals surface area (Å²) in [4.78, 5) is 13.9. The van der Waals surface area contributed by atoms with Crippen LogP contribution in [-0.2, 0) is 9.84 Å². The predicted octanol–water partition coefficient (Wildman–Crippen LogP) is 2.99. The molecule has 1 aliphatic heterocycles. The number of hydrogen-bond acceptors (Lipinski definition) is 3. The Hall–Kier alpha value is -1.63. The fourth-order valence-electron chi connectivity index (χ4n) is 2.64. The summed E-state index contributed by atoms with van der Waals surface area (Å²) in [7, 11) is -3.09. The first-order chi connectivity index (χ1) is 10.7. The molecule has 0 spiro atoms. The number of benzene rings is 1. The first-order valence-corrected chi connectivity index (χ1v) is 9.59. The van der Waals surface area contributed by atoms with Gasteiger partial charge in [-0.25, -0.2) is 17.6 Å². The van der Waals surface area contributed by atoms with Gasteiger partial charge in [-0.05, 0) is 37.0 Å². The summed E-state index contributed by atoms with van der Waals surface area (Å²) in [6.07, 6.45) is 0.413. The lowest BCUT2D eigenvalue weighted by Crippen LogP contribution is -2.42. The normalized spacial score (nSPS) is 21.1. The zero-order chi connectivity index (χ0) is 17.2.